The van der Waals surface area contributed by atoms with Crippen LogP contribution in [0.3, 0.4) is 0 Å². The number of nitriles is 1. The number of rotatable bonds is 10. The Morgan fingerprint density at radius 3 is 2.77 bits per heavy atom. The second-order valence-electron chi connectivity index (χ2n) is 6.43. The van der Waals surface area contributed by atoms with E-state index in [0.717, 1.165) is 5.76 Å². The van der Waals surface area contributed by atoms with Gasteiger partial charge in [0.25, 0.3) is 5.78 Å². The molecule has 162 valence electrons. The molecule has 31 heavy (non-hydrogen) atoms. The maximum atomic E-state index is 9.42. The Kier molecular flexibility index (Phi) is 8.40. The molecule has 0 bridgehead atoms. The summed E-state index contributed by atoms with van der Waals surface area (Å²) in [6.07, 6.45) is 12.4. The number of allylic oxidation sites excluding steroid dienone is 6. The van der Waals surface area contributed by atoms with E-state index in [0.29, 0.717) is 41.1 Å². The number of nitrogens with zero attached hydrogens (tertiary/aromatic N) is 6. The van der Waals surface area contributed by atoms with Gasteiger partial charge in [-0.3, -0.25) is 0 Å². The summed E-state index contributed by atoms with van der Waals surface area (Å²) in [5.41, 5.74) is 1.11. The molecule has 9 heteroatoms. The van der Waals surface area contributed by atoms with Crippen LogP contribution in [0, 0.1) is 11.3 Å². The number of anilines is 2. The predicted octanol–water partition coefficient (Wildman–Crippen LogP) is 3.49. The highest BCUT2D eigenvalue weighted by Gasteiger charge is 2.13. The molecule has 0 unspecified atom stereocenters. The van der Waals surface area contributed by atoms with Gasteiger partial charge in [0.2, 0.25) is 5.95 Å². The van der Waals surface area contributed by atoms with Crippen molar-refractivity contribution in [3.8, 4) is 6.07 Å². The number of nitrogens with one attached hydrogen (secondary N) is 2. The van der Waals surface area contributed by atoms with Crippen LogP contribution in [0.15, 0.2) is 66.6 Å². The molecule has 0 radical (unpaired) electrons. The number of ether oxygens (including phenoxy) is 1. The molecule has 0 aliphatic rings. The van der Waals surface area contributed by atoms with Gasteiger partial charge in [-0.2, -0.15) is 15.2 Å². The van der Waals surface area contributed by atoms with E-state index in [9.17, 15) is 5.26 Å². The average Bonchev–Trinajstić information content (AvgIpc) is 3.18. The number of aromatic nitrogens is 4. The van der Waals surface area contributed by atoms with Gasteiger partial charge >= 0.3 is 0 Å². The highest BCUT2D eigenvalue weighted by molar-refractivity contribution is 5.57. The topological polar surface area (TPSA) is 103 Å². The Bertz CT molecular complexity index is 1080. The summed E-state index contributed by atoms with van der Waals surface area (Å²) in [6, 6.07) is 2.15. The van der Waals surface area contributed by atoms with Gasteiger partial charge in [-0.1, -0.05) is 6.58 Å². The maximum Gasteiger partial charge on any atom is 0.256 e. The molecule has 0 atom stereocenters. The second kappa shape index (κ2) is 11.2. The minimum atomic E-state index is 0.344. The Morgan fingerprint density at radius 2 is 2.16 bits per heavy atom. The molecule has 2 rings (SSSR count). The third-order valence-electron chi connectivity index (χ3n) is 4.22. The summed E-state index contributed by atoms with van der Waals surface area (Å²) >= 11 is 0. The lowest BCUT2D eigenvalue weighted by atomic mass is 10.3. The Balaban J connectivity index is 2.23. The largest absolute Gasteiger partial charge is 0.462 e. The molecular formula is C22H28N8O. The van der Waals surface area contributed by atoms with E-state index >= 15 is 0 Å². The van der Waals surface area contributed by atoms with Gasteiger partial charge in [-0.25, -0.2) is 4.52 Å². The van der Waals surface area contributed by atoms with Gasteiger partial charge in [-0.05, 0) is 57.4 Å². The first-order chi connectivity index (χ1) is 14.9. The summed E-state index contributed by atoms with van der Waals surface area (Å²) in [5.74, 6) is 2.73. The van der Waals surface area contributed by atoms with Crippen molar-refractivity contribution >= 4 is 17.5 Å². The summed E-state index contributed by atoms with van der Waals surface area (Å²) in [4.78, 5) is 10.8. The zero-order valence-electron chi connectivity index (χ0n) is 18.5. The van der Waals surface area contributed by atoms with Gasteiger partial charge in [0.15, 0.2) is 5.82 Å². The third-order valence-corrected chi connectivity index (χ3v) is 4.22. The lowest BCUT2D eigenvalue weighted by molar-refractivity contribution is 0.321. The molecule has 2 aromatic rings. The lowest BCUT2D eigenvalue weighted by Gasteiger charge is -2.16. The van der Waals surface area contributed by atoms with Crippen LogP contribution in [-0.4, -0.2) is 40.2 Å². The molecule has 0 aromatic carbocycles. The molecule has 2 N–H and O–H groups in total. The molecule has 2 heterocycles. The minimum Gasteiger partial charge on any atom is -0.462 e. The molecule has 0 spiro atoms. The Morgan fingerprint density at radius 1 is 1.39 bits per heavy atom. The summed E-state index contributed by atoms with van der Waals surface area (Å²) in [6.45, 7) is 10.3. The maximum absolute atomic E-state index is 9.42. The Labute approximate surface area is 182 Å². The van der Waals surface area contributed by atoms with E-state index in [-0.39, 0.29) is 0 Å². The van der Waals surface area contributed by atoms with Crippen LogP contribution >= 0.6 is 0 Å². The molecule has 0 fully saturated rings. The normalized spacial score (nSPS) is 12.7. The fourth-order valence-corrected chi connectivity index (χ4v) is 2.46. The van der Waals surface area contributed by atoms with Crippen LogP contribution in [0.1, 0.15) is 26.3 Å². The monoisotopic (exact) mass is 420 g/mol. The molecule has 9 nitrogen and oxygen atoms in total. The molecule has 0 saturated carbocycles. The standard InChI is InChI=1S/C22H28N8O/c1-7-18(11-10-16(4)31-19(8-2)12-13-24-5)25-21-27-22-26-20(29(6)9-3)17(14-23)15-30(22)28-21/h7-8,10-13,15,24H,1,9H2,2-6H3,(H,25,28)/b13-12-,16-10+,18-11+,19-8+. The van der Waals surface area contributed by atoms with Crippen LogP contribution in [0.25, 0.3) is 5.78 Å². The number of fused-ring (bicyclic) bond motifs is 1. The smallest absolute Gasteiger partial charge is 0.256 e. The van der Waals surface area contributed by atoms with Crippen LogP contribution in [0.5, 0.6) is 0 Å². The SMILES string of the molecule is C=C/C(=C\C=C(/C)OC(/C=C\NC)=C/C)Nc1nc2nc(N(C)CC)c(C#N)cn2n1. The van der Waals surface area contributed by atoms with Crippen molar-refractivity contribution in [2.45, 2.75) is 20.8 Å². The highest BCUT2D eigenvalue weighted by atomic mass is 16.5. The van der Waals surface area contributed by atoms with Crippen molar-refractivity contribution < 1.29 is 4.74 Å². The number of hydrogen-bond acceptors (Lipinski definition) is 8. The van der Waals surface area contributed by atoms with Gasteiger partial charge in [0.05, 0.1) is 6.20 Å². The summed E-state index contributed by atoms with van der Waals surface area (Å²) < 4.78 is 7.25. The van der Waals surface area contributed by atoms with Crippen molar-refractivity contribution in [1.29, 1.82) is 5.26 Å². The third kappa shape index (κ3) is 6.21. The van der Waals surface area contributed by atoms with E-state index in [4.69, 9.17) is 4.74 Å². The minimum absolute atomic E-state index is 0.344. The average molecular weight is 421 g/mol. The highest BCUT2D eigenvalue weighted by Crippen LogP contribution is 2.18. The van der Waals surface area contributed by atoms with Gasteiger partial charge in [0.1, 0.15) is 23.2 Å². The fourth-order valence-electron chi connectivity index (χ4n) is 2.46. The molecular weight excluding hydrogens is 392 g/mol. The number of hydrogen-bond donors (Lipinski definition) is 2. The summed E-state index contributed by atoms with van der Waals surface area (Å²) in [5, 5.41) is 19.8. The van der Waals surface area contributed by atoms with E-state index in [1.165, 1.54) is 4.52 Å². The fraction of sp³-hybridized carbons (Fsp3) is 0.273. The molecule has 0 aliphatic heterocycles. The first-order valence-corrected chi connectivity index (χ1v) is 9.80. The first kappa shape index (κ1) is 23.2. The molecule has 0 saturated heterocycles. The van der Waals surface area contributed by atoms with Gasteiger partial charge in [0, 0.05) is 26.3 Å². The first-order valence-electron chi connectivity index (χ1n) is 9.80. The van der Waals surface area contributed by atoms with Gasteiger partial charge < -0.3 is 20.3 Å². The Hall–Kier alpha value is -4.06. The van der Waals surface area contributed by atoms with Crippen molar-refractivity contribution in [3.63, 3.8) is 0 Å². The quantitative estimate of drug-likeness (QED) is 0.445. The predicted molar refractivity (Wildman–Crippen MR) is 123 cm³/mol. The van der Waals surface area contributed by atoms with Crippen molar-refractivity contribution in [3.05, 3.63) is 72.1 Å². The van der Waals surface area contributed by atoms with Crippen molar-refractivity contribution in [2.75, 3.05) is 30.9 Å². The van der Waals surface area contributed by atoms with Crippen molar-refractivity contribution in [2.24, 2.45) is 0 Å². The summed E-state index contributed by atoms with van der Waals surface area (Å²) in [7, 11) is 3.70. The van der Waals surface area contributed by atoms with Crippen molar-refractivity contribution in [1.82, 2.24) is 24.9 Å². The van der Waals surface area contributed by atoms with Crippen LogP contribution < -0.4 is 15.5 Å². The van der Waals surface area contributed by atoms with Crippen LogP contribution in [0.4, 0.5) is 11.8 Å². The second-order valence-corrected chi connectivity index (χ2v) is 6.43. The van der Waals surface area contributed by atoms with Gasteiger partial charge in [-0.15, -0.1) is 5.10 Å². The van der Waals surface area contributed by atoms with E-state index in [1.54, 1.807) is 18.5 Å². The van der Waals surface area contributed by atoms with Crippen LogP contribution in [0.2, 0.25) is 0 Å². The van der Waals surface area contributed by atoms with E-state index < -0.39 is 0 Å². The lowest BCUT2D eigenvalue weighted by Crippen LogP contribution is -2.19. The molecule has 0 amide bonds. The van der Waals surface area contributed by atoms with E-state index in [1.807, 2.05) is 64.1 Å². The molecule has 0 aliphatic carbocycles. The zero-order valence-corrected chi connectivity index (χ0v) is 18.5. The van der Waals surface area contributed by atoms with E-state index in [2.05, 4.69) is 38.3 Å². The molecule has 2 aromatic heterocycles. The van der Waals surface area contributed by atoms with Crippen LogP contribution in [-0.2, 0) is 4.74 Å². The zero-order chi connectivity index (χ0) is 22.8.